The molecular weight excluding hydrogens is 340 g/mol. The van der Waals surface area contributed by atoms with E-state index < -0.39 is 0 Å². The second-order valence-corrected chi connectivity index (χ2v) is 7.19. The highest BCUT2D eigenvalue weighted by atomic mass is 35.5. The van der Waals surface area contributed by atoms with Crippen LogP contribution in [0.2, 0.25) is 5.02 Å². The van der Waals surface area contributed by atoms with E-state index in [-0.39, 0.29) is 30.3 Å². The van der Waals surface area contributed by atoms with Gasteiger partial charge in [-0.15, -0.1) is 0 Å². The van der Waals surface area contributed by atoms with Crippen molar-refractivity contribution in [3.63, 3.8) is 0 Å². The van der Waals surface area contributed by atoms with Crippen molar-refractivity contribution in [1.29, 1.82) is 0 Å². The van der Waals surface area contributed by atoms with Crippen LogP contribution in [0.5, 0.6) is 0 Å². The lowest BCUT2D eigenvalue weighted by atomic mass is 9.96. The number of primary amides is 1. The second-order valence-electron chi connectivity index (χ2n) is 6.79. The van der Waals surface area contributed by atoms with Gasteiger partial charge in [-0.3, -0.25) is 14.5 Å². The summed E-state index contributed by atoms with van der Waals surface area (Å²) in [5, 5.41) is 3.75. The van der Waals surface area contributed by atoms with Crippen LogP contribution in [-0.4, -0.2) is 61.9 Å². The lowest BCUT2D eigenvalue weighted by Crippen LogP contribution is -2.46. The molecule has 1 fully saturated rings. The number of amides is 2. The van der Waals surface area contributed by atoms with Crippen molar-refractivity contribution < 1.29 is 9.59 Å². The first kappa shape index (κ1) is 19.7. The minimum absolute atomic E-state index is 0.00274. The van der Waals surface area contributed by atoms with Crippen LogP contribution in [0.4, 0.5) is 0 Å². The highest BCUT2D eigenvalue weighted by Gasteiger charge is 2.27. The Morgan fingerprint density at radius 1 is 1.40 bits per heavy atom. The number of likely N-dealkylation sites (N-methyl/N-ethyl adjacent to an activating group) is 1. The van der Waals surface area contributed by atoms with Gasteiger partial charge in [-0.1, -0.05) is 29.8 Å². The Morgan fingerprint density at radius 2 is 2.12 bits per heavy atom. The quantitative estimate of drug-likeness (QED) is 0.761. The van der Waals surface area contributed by atoms with Gasteiger partial charge in [0.2, 0.25) is 11.8 Å². The van der Waals surface area contributed by atoms with Gasteiger partial charge in [0.1, 0.15) is 0 Å². The van der Waals surface area contributed by atoms with Crippen LogP contribution in [-0.2, 0) is 9.59 Å². The van der Waals surface area contributed by atoms with Gasteiger partial charge < -0.3 is 16.0 Å². The van der Waals surface area contributed by atoms with Crippen LogP contribution in [0.15, 0.2) is 24.3 Å². The first-order valence-electron chi connectivity index (χ1n) is 8.57. The molecule has 0 aromatic heterocycles. The van der Waals surface area contributed by atoms with Crippen molar-refractivity contribution in [3.8, 4) is 0 Å². The van der Waals surface area contributed by atoms with E-state index in [4.69, 9.17) is 17.3 Å². The van der Waals surface area contributed by atoms with Crippen molar-refractivity contribution in [2.24, 2.45) is 11.7 Å². The molecule has 0 radical (unpaired) electrons. The Morgan fingerprint density at radius 3 is 2.76 bits per heavy atom. The van der Waals surface area contributed by atoms with Crippen molar-refractivity contribution >= 4 is 23.4 Å². The predicted octanol–water partition coefficient (Wildman–Crippen LogP) is 1.26. The molecule has 2 amide bonds. The van der Waals surface area contributed by atoms with Gasteiger partial charge in [-0.2, -0.15) is 0 Å². The van der Waals surface area contributed by atoms with Gasteiger partial charge in [-0.25, -0.2) is 0 Å². The number of likely N-dealkylation sites (tertiary alicyclic amines) is 1. The highest BCUT2D eigenvalue weighted by Crippen LogP contribution is 2.25. The summed E-state index contributed by atoms with van der Waals surface area (Å²) in [5.74, 6) is -0.442. The smallest absolute Gasteiger partial charge is 0.231 e. The largest absolute Gasteiger partial charge is 0.369 e. The normalized spacial score (nSPS) is 19.6. The van der Waals surface area contributed by atoms with Crippen LogP contribution in [0.25, 0.3) is 0 Å². The molecule has 0 spiro atoms. The number of halogens is 1. The van der Waals surface area contributed by atoms with Gasteiger partial charge in [-0.05, 0) is 45.1 Å². The Kier molecular flexibility index (Phi) is 7.23. The number of nitrogens with two attached hydrogens (primary N) is 1. The van der Waals surface area contributed by atoms with Gasteiger partial charge in [0.05, 0.1) is 18.5 Å². The fraction of sp³-hybridized carbons (Fsp3) is 0.556. The lowest BCUT2D eigenvalue weighted by molar-refractivity contribution is -0.128. The third-order valence-electron chi connectivity index (χ3n) is 4.61. The fourth-order valence-electron chi connectivity index (χ4n) is 3.29. The standard InChI is InChI=1S/C18H27ClN4O2/c1-22(2)16(14-7-3-4-8-15(14)19)10-21-18(25)13-6-5-9-23(11-13)12-17(20)24/h3-4,7-8,13,16H,5-6,9-12H2,1-2H3,(H2,20,24)(H,21,25). The van der Waals surface area contributed by atoms with E-state index in [0.29, 0.717) is 18.1 Å². The summed E-state index contributed by atoms with van der Waals surface area (Å²) in [6, 6.07) is 7.68. The van der Waals surface area contributed by atoms with Gasteiger partial charge in [0.15, 0.2) is 0 Å². The Balaban J connectivity index is 1.95. The molecule has 1 aromatic rings. The van der Waals surface area contributed by atoms with Crippen LogP contribution in [0, 0.1) is 5.92 Å². The highest BCUT2D eigenvalue weighted by molar-refractivity contribution is 6.31. The Hall–Kier alpha value is -1.63. The molecule has 0 aliphatic carbocycles. The lowest BCUT2D eigenvalue weighted by Gasteiger charge is -2.32. The second kappa shape index (κ2) is 9.17. The molecule has 1 aromatic carbocycles. The number of nitrogens with zero attached hydrogens (tertiary/aromatic N) is 2. The molecule has 25 heavy (non-hydrogen) atoms. The van der Waals surface area contributed by atoms with Gasteiger partial charge >= 0.3 is 0 Å². The molecule has 1 saturated heterocycles. The topological polar surface area (TPSA) is 78.7 Å². The van der Waals surface area contributed by atoms with Crippen molar-refractivity contribution in [2.75, 3.05) is 40.3 Å². The van der Waals surface area contributed by atoms with Crippen molar-refractivity contribution in [3.05, 3.63) is 34.9 Å². The van der Waals surface area contributed by atoms with Crippen molar-refractivity contribution in [2.45, 2.75) is 18.9 Å². The van der Waals surface area contributed by atoms with E-state index in [1.165, 1.54) is 0 Å². The average molecular weight is 367 g/mol. The molecule has 2 atom stereocenters. The zero-order valence-electron chi connectivity index (χ0n) is 14.9. The molecule has 6 nitrogen and oxygen atoms in total. The summed E-state index contributed by atoms with van der Waals surface area (Å²) >= 11 is 6.30. The first-order chi connectivity index (χ1) is 11.9. The minimum atomic E-state index is -0.354. The molecule has 2 rings (SSSR count). The number of carbonyl (C=O) groups is 2. The Labute approximate surface area is 154 Å². The molecular formula is C18H27ClN4O2. The zero-order chi connectivity index (χ0) is 18.4. The minimum Gasteiger partial charge on any atom is -0.369 e. The molecule has 1 aliphatic heterocycles. The molecule has 3 N–H and O–H groups in total. The molecule has 1 aliphatic rings. The van der Waals surface area contributed by atoms with E-state index in [2.05, 4.69) is 5.32 Å². The first-order valence-corrected chi connectivity index (χ1v) is 8.95. The third-order valence-corrected chi connectivity index (χ3v) is 4.96. The van der Waals surface area contributed by atoms with E-state index in [1.807, 2.05) is 48.2 Å². The third kappa shape index (κ3) is 5.70. The maximum atomic E-state index is 12.6. The van der Waals surface area contributed by atoms with E-state index in [0.717, 1.165) is 24.9 Å². The molecule has 0 saturated carbocycles. The maximum absolute atomic E-state index is 12.6. The predicted molar refractivity (Wildman–Crippen MR) is 99.2 cm³/mol. The number of piperidine rings is 1. The SMILES string of the molecule is CN(C)C(CNC(=O)C1CCCN(CC(N)=O)C1)c1ccccc1Cl. The van der Waals surface area contributed by atoms with E-state index in [9.17, 15) is 9.59 Å². The van der Waals surface area contributed by atoms with E-state index >= 15 is 0 Å². The van der Waals surface area contributed by atoms with Gasteiger partial charge in [0.25, 0.3) is 0 Å². The van der Waals surface area contributed by atoms with Crippen LogP contribution < -0.4 is 11.1 Å². The van der Waals surface area contributed by atoms with Gasteiger partial charge in [0, 0.05) is 18.1 Å². The van der Waals surface area contributed by atoms with Crippen LogP contribution in [0.1, 0.15) is 24.4 Å². The summed E-state index contributed by atoms with van der Waals surface area (Å²) in [7, 11) is 3.94. The van der Waals surface area contributed by atoms with Crippen LogP contribution >= 0.6 is 11.6 Å². The fourth-order valence-corrected chi connectivity index (χ4v) is 3.55. The maximum Gasteiger partial charge on any atom is 0.231 e. The molecule has 0 bridgehead atoms. The zero-order valence-corrected chi connectivity index (χ0v) is 15.6. The number of rotatable bonds is 7. The summed E-state index contributed by atoms with van der Waals surface area (Å²) in [6.07, 6.45) is 1.73. The summed E-state index contributed by atoms with van der Waals surface area (Å²) in [6.45, 7) is 2.09. The number of nitrogens with one attached hydrogen (secondary N) is 1. The number of benzene rings is 1. The Bertz CT molecular complexity index is 608. The molecule has 2 unspecified atom stereocenters. The number of hydrogen-bond acceptors (Lipinski definition) is 4. The molecule has 1 heterocycles. The van der Waals surface area contributed by atoms with Crippen molar-refractivity contribution in [1.82, 2.24) is 15.1 Å². The molecule has 7 heteroatoms. The number of carbonyl (C=O) groups excluding carboxylic acids is 2. The number of hydrogen-bond donors (Lipinski definition) is 2. The monoisotopic (exact) mass is 366 g/mol. The summed E-state index contributed by atoms with van der Waals surface area (Å²) < 4.78 is 0. The average Bonchev–Trinajstić information content (AvgIpc) is 2.55. The molecule has 138 valence electrons. The van der Waals surface area contributed by atoms with E-state index in [1.54, 1.807) is 0 Å². The summed E-state index contributed by atoms with van der Waals surface area (Å²) in [5.41, 5.74) is 6.25. The van der Waals surface area contributed by atoms with Crippen LogP contribution in [0.3, 0.4) is 0 Å². The summed E-state index contributed by atoms with van der Waals surface area (Å²) in [4.78, 5) is 27.6.